The molecule has 0 radical (unpaired) electrons. The lowest BCUT2D eigenvalue weighted by Crippen LogP contribution is -2.32. The van der Waals surface area contributed by atoms with Crippen LogP contribution in [-0.4, -0.2) is 39.2 Å². The third-order valence-corrected chi connectivity index (χ3v) is 4.53. The molecule has 0 saturated carbocycles. The predicted octanol–water partition coefficient (Wildman–Crippen LogP) is 0.854. The summed E-state index contributed by atoms with van der Waals surface area (Å²) in [5.74, 6) is -1.97. The van der Waals surface area contributed by atoms with Gasteiger partial charge in [-0.15, -0.1) is 0 Å². The van der Waals surface area contributed by atoms with Crippen LogP contribution in [0.5, 0.6) is 0 Å². The van der Waals surface area contributed by atoms with Crippen LogP contribution in [0.1, 0.15) is 23.1 Å². The second kappa shape index (κ2) is 11.1. The SMILES string of the molecule is NCc1cccc(C[C@H](N)C(=O)O)c1.Nc1nc2cc(CC[C@H](N)C(=O)O)ccc2o1. The van der Waals surface area contributed by atoms with E-state index in [4.69, 9.17) is 37.6 Å². The second-order valence-corrected chi connectivity index (χ2v) is 7.01. The van der Waals surface area contributed by atoms with Gasteiger partial charge < -0.3 is 37.6 Å². The van der Waals surface area contributed by atoms with Crippen LogP contribution in [0.3, 0.4) is 0 Å². The summed E-state index contributed by atoms with van der Waals surface area (Å²) in [6.07, 6.45) is 1.30. The Balaban J connectivity index is 0.000000225. The van der Waals surface area contributed by atoms with Gasteiger partial charge in [-0.3, -0.25) is 9.59 Å². The molecule has 3 aromatic rings. The minimum absolute atomic E-state index is 0.124. The molecule has 3 rings (SSSR count). The number of hydrogen-bond acceptors (Lipinski definition) is 8. The molecule has 2 atom stereocenters. The zero-order valence-corrected chi connectivity index (χ0v) is 16.9. The fourth-order valence-electron chi connectivity index (χ4n) is 2.82. The van der Waals surface area contributed by atoms with E-state index in [1.807, 2.05) is 36.4 Å². The van der Waals surface area contributed by atoms with Gasteiger partial charge in [-0.1, -0.05) is 30.3 Å². The topological polar surface area (TPSA) is 205 Å². The van der Waals surface area contributed by atoms with Crippen molar-refractivity contribution in [3.63, 3.8) is 0 Å². The summed E-state index contributed by atoms with van der Waals surface area (Å²) in [6.45, 7) is 0.455. The molecule has 1 aromatic heterocycles. The lowest BCUT2D eigenvalue weighted by molar-refractivity contribution is -0.139. The number of anilines is 1. The molecular formula is C21H27N5O5. The van der Waals surface area contributed by atoms with Crippen LogP contribution < -0.4 is 22.9 Å². The van der Waals surface area contributed by atoms with Crippen LogP contribution in [-0.2, 0) is 29.0 Å². The Morgan fingerprint density at radius 3 is 2.29 bits per heavy atom. The maximum absolute atomic E-state index is 10.6. The summed E-state index contributed by atoms with van der Waals surface area (Å²) in [5, 5.41) is 17.3. The molecule has 10 nitrogen and oxygen atoms in total. The minimum atomic E-state index is -0.989. The van der Waals surface area contributed by atoms with Crippen molar-refractivity contribution in [2.24, 2.45) is 17.2 Å². The van der Waals surface area contributed by atoms with Crippen molar-refractivity contribution < 1.29 is 24.2 Å². The molecule has 10 heteroatoms. The zero-order valence-electron chi connectivity index (χ0n) is 16.9. The van der Waals surface area contributed by atoms with Crippen molar-refractivity contribution in [1.82, 2.24) is 4.98 Å². The summed E-state index contributed by atoms with van der Waals surface area (Å²) in [5.41, 5.74) is 25.9. The van der Waals surface area contributed by atoms with E-state index >= 15 is 0 Å². The molecular weight excluding hydrogens is 402 g/mol. The zero-order chi connectivity index (χ0) is 23.0. The predicted molar refractivity (Wildman–Crippen MR) is 116 cm³/mol. The van der Waals surface area contributed by atoms with E-state index in [1.165, 1.54) is 0 Å². The molecule has 0 aliphatic rings. The van der Waals surface area contributed by atoms with Gasteiger partial charge in [0.15, 0.2) is 5.58 Å². The van der Waals surface area contributed by atoms with E-state index < -0.39 is 24.0 Å². The molecule has 0 amide bonds. The number of rotatable bonds is 8. The molecule has 0 aliphatic heterocycles. The lowest BCUT2D eigenvalue weighted by atomic mass is 10.0. The number of nitrogen functional groups attached to an aromatic ring is 1. The molecule has 0 fully saturated rings. The smallest absolute Gasteiger partial charge is 0.320 e. The maximum Gasteiger partial charge on any atom is 0.320 e. The van der Waals surface area contributed by atoms with Crippen LogP contribution >= 0.6 is 0 Å². The van der Waals surface area contributed by atoms with Crippen molar-refractivity contribution in [2.75, 3.05) is 5.73 Å². The number of fused-ring (bicyclic) bond motifs is 1. The molecule has 2 aromatic carbocycles. The van der Waals surface area contributed by atoms with Gasteiger partial charge in [-0.25, -0.2) is 0 Å². The molecule has 0 unspecified atom stereocenters. The number of benzene rings is 2. The Bertz CT molecular complexity index is 1040. The van der Waals surface area contributed by atoms with Gasteiger partial charge in [0.2, 0.25) is 0 Å². The first-order chi connectivity index (χ1) is 14.7. The average molecular weight is 429 g/mol. The number of nitrogens with zero attached hydrogens (tertiary/aromatic N) is 1. The lowest BCUT2D eigenvalue weighted by Gasteiger charge is -2.07. The van der Waals surface area contributed by atoms with E-state index in [2.05, 4.69) is 4.98 Å². The number of hydrogen-bond donors (Lipinski definition) is 6. The third kappa shape index (κ3) is 7.37. The van der Waals surface area contributed by atoms with Gasteiger partial charge in [-0.05, 0) is 48.1 Å². The van der Waals surface area contributed by atoms with Crippen molar-refractivity contribution in [2.45, 2.75) is 37.9 Å². The Kier molecular flexibility index (Phi) is 8.50. The van der Waals surface area contributed by atoms with Gasteiger partial charge in [0.1, 0.15) is 17.6 Å². The van der Waals surface area contributed by atoms with Crippen LogP contribution in [0.4, 0.5) is 6.01 Å². The normalized spacial score (nSPS) is 12.6. The van der Waals surface area contributed by atoms with Crippen LogP contribution in [0.15, 0.2) is 46.9 Å². The van der Waals surface area contributed by atoms with Crippen LogP contribution in [0.2, 0.25) is 0 Å². The van der Waals surface area contributed by atoms with Gasteiger partial charge >= 0.3 is 11.9 Å². The van der Waals surface area contributed by atoms with E-state index in [9.17, 15) is 9.59 Å². The Morgan fingerprint density at radius 2 is 1.65 bits per heavy atom. The number of aromatic nitrogens is 1. The van der Waals surface area contributed by atoms with E-state index in [1.54, 1.807) is 6.07 Å². The summed E-state index contributed by atoms with van der Waals surface area (Å²) in [4.78, 5) is 25.1. The first-order valence-corrected chi connectivity index (χ1v) is 9.59. The van der Waals surface area contributed by atoms with Crippen molar-refractivity contribution in [3.8, 4) is 0 Å². The third-order valence-electron chi connectivity index (χ3n) is 4.53. The second-order valence-electron chi connectivity index (χ2n) is 7.01. The first kappa shape index (κ1) is 23.8. The largest absolute Gasteiger partial charge is 0.480 e. The highest BCUT2D eigenvalue weighted by Crippen LogP contribution is 2.19. The average Bonchev–Trinajstić information content (AvgIpc) is 3.11. The van der Waals surface area contributed by atoms with E-state index in [-0.39, 0.29) is 6.01 Å². The number of carboxylic acids is 2. The molecule has 0 saturated heterocycles. The number of oxazole rings is 1. The highest BCUT2D eigenvalue weighted by Gasteiger charge is 2.12. The quantitative estimate of drug-likeness (QED) is 0.298. The van der Waals surface area contributed by atoms with Crippen LogP contribution in [0.25, 0.3) is 11.1 Å². The number of aryl methyl sites for hydroxylation is 1. The summed E-state index contributed by atoms with van der Waals surface area (Å²) < 4.78 is 5.13. The summed E-state index contributed by atoms with van der Waals surface area (Å²) in [6, 6.07) is 11.4. The van der Waals surface area contributed by atoms with E-state index in [0.29, 0.717) is 36.9 Å². The monoisotopic (exact) mass is 429 g/mol. The number of carbonyl (C=O) groups is 2. The number of aliphatic carboxylic acids is 2. The molecule has 10 N–H and O–H groups in total. The Morgan fingerprint density at radius 1 is 0.968 bits per heavy atom. The highest BCUT2D eigenvalue weighted by molar-refractivity contribution is 5.75. The number of carboxylic acid groups (broad SMARTS) is 2. The minimum Gasteiger partial charge on any atom is -0.480 e. The van der Waals surface area contributed by atoms with Gasteiger partial charge in [0, 0.05) is 6.54 Å². The number of nitrogens with two attached hydrogens (primary N) is 4. The summed E-state index contributed by atoms with van der Waals surface area (Å²) >= 11 is 0. The van der Waals surface area contributed by atoms with Gasteiger partial charge in [0.25, 0.3) is 6.01 Å². The highest BCUT2D eigenvalue weighted by atomic mass is 16.4. The fraction of sp³-hybridized carbons (Fsp3) is 0.286. The van der Waals surface area contributed by atoms with Crippen molar-refractivity contribution in [1.29, 1.82) is 0 Å². The molecule has 0 aliphatic carbocycles. The Labute approximate surface area is 178 Å². The molecule has 1 heterocycles. The Hall–Kier alpha value is -3.47. The molecule has 0 spiro atoms. The van der Waals surface area contributed by atoms with E-state index in [0.717, 1.165) is 16.7 Å². The van der Waals surface area contributed by atoms with Gasteiger partial charge in [0.05, 0.1) is 0 Å². The van der Waals surface area contributed by atoms with Crippen molar-refractivity contribution >= 4 is 29.1 Å². The first-order valence-electron chi connectivity index (χ1n) is 9.59. The standard InChI is InChI=1S/C11H13N3O3.C10H14N2O2/c12-7(10(15)16)3-1-6-2-4-9-8(5-6)14-11(13)17-9;11-6-8-3-1-2-7(4-8)5-9(12)10(13)14/h2,4-5,7H,1,3,12H2,(H2,13,14)(H,15,16);1-4,9H,5-6,11-12H2,(H,13,14)/t7-;9-/m00/s1. The fourth-order valence-corrected chi connectivity index (χ4v) is 2.82. The van der Waals surface area contributed by atoms with Crippen molar-refractivity contribution in [3.05, 3.63) is 59.2 Å². The molecule has 31 heavy (non-hydrogen) atoms. The maximum atomic E-state index is 10.6. The molecule has 166 valence electrons. The van der Waals surface area contributed by atoms with Gasteiger partial charge in [-0.2, -0.15) is 4.98 Å². The van der Waals surface area contributed by atoms with Crippen LogP contribution in [0, 0.1) is 0 Å². The summed E-state index contributed by atoms with van der Waals surface area (Å²) in [7, 11) is 0. The molecule has 0 bridgehead atoms.